The summed E-state index contributed by atoms with van der Waals surface area (Å²) in [6.07, 6.45) is 0. The number of aromatic nitrogens is 1. The number of benzene rings is 2. The summed E-state index contributed by atoms with van der Waals surface area (Å²) in [5.74, 6) is -1.73. The minimum Gasteiger partial charge on any atom is -0.454 e. The molecule has 0 radical (unpaired) electrons. The molecule has 0 unspecified atom stereocenters. The third kappa shape index (κ3) is 6.19. The van der Waals surface area contributed by atoms with Crippen LogP contribution in [0.4, 0.5) is 11.4 Å². The van der Waals surface area contributed by atoms with Crippen LogP contribution >= 0.6 is 0 Å². The third-order valence-corrected chi connectivity index (χ3v) is 5.20. The number of carbonyl (C=O) groups excluding carboxylic acids is 4. The summed E-state index contributed by atoms with van der Waals surface area (Å²) >= 11 is 0. The van der Waals surface area contributed by atoms with Crippen LogP contribution in [-0.4, -0.2) is 34.7 Å². The van der Waals surface area contributed by atoms with E-state index in [-0.39, 0.29) is 23.2 Å². The first-order chi connectivity index (χ1) is 16.1. The highest BCUT2D eigenvalue weighted by Gasteiger charge is 2.19. The van der Waals surface area contributed by atoms with E-state index in [1.165, 1.54) is 32.0 Å². The molecule has 0 bridgehead atoms. The molecular weight excluding hydrogens is 434 g/mol. The zero-order valence-electron chi connectivity index (χ0n) is 19.6. The van der Waals surface area contributed by atoms with Gasteiger partial charge in [0.25, 0.3) is 0 Å². The number of amides is 2. The topological polar surface area (TPSA) is 107 Å². The zero-order valence-corrected chi connectivity index (χ0v) is 19.6. The lowest BCUT2D eigenvalue weighted by atomic mass is 10.1. The van der Waals surface area contributed by atoms with Crippen molar-refractivity contribution in [1.29, 1.82) is 0 Å². The maximum Gasteiger partial charge on any atom is 0.338 e. The molecule has 8 heteroatoms. The molecule has 1 heterocycles. The fraction of sp³-hybridized carbons (Fsp3) is 0.231. The lowest BCUT2D eigenvalue weighted by Crippen LogP contribution is -2.16. The maximum absolute atomic E-state index is 12.8. The van der Waals surface area contributed by atoms with Crippen LogP contribution < -0.4 is 10.6 Å². The zero-order chi connectivity index (χ0) is 24.8. The fourth-order valence-electron chi connectivity index (χ4n) is 3.68. The summed E-state index contributed by atoms with van der Waals surface area (Å²) < 4.78 is 7.31. The van der Waals surface area contributed by atoms with Crippen molar-refractivity contribution >= 4 is 34.9 Å². The predicted molar refractivity (Wildman–Crippen MR) is 129 cm³/mol. The molecule has 1 aromatic heterocycles. The molecule has 0 aliphatic heterocycles. The Morgan fingerprint density at radius 2 is 1.44 bits per heavy atom. The SMILES string of the molecule is CC(=O)Nc1cc(NC(C)=O)cc(C(=O)OCC(=O)c2cc(C)n(Cc3ccccc3)c2C)c1. The number of hydrogen-bond acceptors (Lipinski definition) is 5. The first-order valence-corrected chi connectivity index (χ1v) is 10.7. The second kappa shape index (κ2) is 10.6. The summed E-state index contributed by atoms with van der Waals surface area (Å²) in [5.41, 5.74) is 4.07. The summed E-state index contributed by atoms with van der Waals surface area (Å²) in [7, 11) is 0. The van der Waals surface area contributed by atoms with Crippen LogP contribution in [0.5, 0.6) is 0 Å². The van der Waals surface area contributed by atoms with Crippen LogP contribution in [0.2, 0.25) is 0 Å². The van der Waals surface area contributed by atoms with Gasteiger partial charge in [-0.1, -0.05) is 30.3 Å². The van der Waals surface area contributed by atoms with Crippen LogP contribution in [0.1, 0.15) is 51.5 Å². The van der Waals surface area contributed by atoms with Crippen molar-refractivity contribution in [3.05, 3.63) is 82.7 Å². The van der Waals surface area contributed by atoms with Gasteiger partial charge in [-0.25, -0.2) is 4.79 Å². The van der Waals surface area contributed by atoms with Gasteiger partial charge in [-0.2, -0.15) is 0 Å². The Bertz CT molecular complexity index is 1210. The van der Waals surface area contributed by atoms with E-state index in [0.29, 0.717) is 23.5 Å². The molecule has 8 nitrogen and oxygen atoms in total. The largest absolute Gasteiger partial charge is 0.454 e. The molecule has 0 atom stereocenters. The molecule has 2 amide bonds. The Kier molecular flexibility index (Phi) is 7.63. The number of aryl methyl sites for hydroxylation is 1. The first kappa shape index (κ1) is 24.4. The summed E-state index contributed by atoms with van der Waals surface area (Å²) in [6, 6.07) is 16.1. The maximum atomic E-state index is 12.8. The third-order valence-electron chi connectivity index (χ3n) is 5.20. The highest BCUT2D eigenvalue weighted by Crippen LogP contribution is 2.21. The van der Waals surface area contributed by atoms with Gasteiger partial charge in [-0.3, -0.25) is 14.4 Å². The minimum absolute atomic E-state index is 0.0948. The van der Waals surface area contributed by atoms with Crippen molar-refractivity contribution in [1.82, 2.24) is 4.57 Å². The van der Waals surface area contributed by atoms with Gasteiger partial charge >= 0.3 is 5.97 Å². The summed E-state index contributed by atoms with van der Waals surface area (Å²) in [4.78, 5) is 48.3. The first-order valence-electron chi connectivity index (χ1n) is 10.7. The second-order valence-corrected chi connectivity index (χ2v) is 8.02. The van der Waals surface area contributed by atoms with Gasteiger partial charge in [0.05, 0.1) is 5.56 Å². The Morgan fingerprint density at radius 1 is 0.853 bits per heavy atom. The molecule has 3 aromatic rings. The number of anilines is 2. The molecular formula is C26H27N3O5. The number of nitrogens with one attached hydrogen (secondary N) is 2. The van der Waals surface area contributed by atoms with E-state index in [4.69, 9.17) is 4.74 Å². The van der Waals surface area contributed by atoms with Gasteiger partial charge in [0, 0.05) is 48.7 Å². The smallest absolute Gasteiger partial charge is 0.338 e. The molecule has 0 aliphatic carbocycles. The standard InChI is InChI=1S/C26H27N3O5/c1-16-10-24(17(2)29(16)14-20-8-6-5-7-9-20)25(32)15-34-26(33)21-11-22(27-18(3)30)13-23(12-21)28-19(4)31/h5-13H,14-15H2,1-4H3,(H,27,30)(H,28,31). The highest BCUT2D eigenvalue weighted by molar-refractivity contribution is 6.01. The Balaban J connectivity index is 1.73. The quantitative estimate of drug-likeness (QED) is 0.388. The molecule has 0 saturated carbocycles. The van der Waals surface area contributed by atoms with Crippen molar-refractivity contribution in [2.75, 3.05) is 17.2 Å². The van der Waals surface area contributed by atoms with Crippen molar-refractivity contribution in [2.24, 2.45) is 0 Å². The van der Waals surface area contributed by atoms with Crippen LogP contribution in [0.15, 0.2) is 54.6 Å². The van der Waals surface area contributed by atoms with Crippen molar-refractivity contribution < 1.29 is 23.9 Å². The molecule has 2 aromatic carbocycles. The van der Waals surface area contributed by atoms with Crippen molar-refractivity contribution in [3.8, 4) is 0 Å². The van der Waals surface area contributed by atoms with Gasteiger partial charge in [0.1, 0.15) is 0 Å². The van der Waals surface area contributed by atoms with Gasteiger partial charge in [-0.15, -0.1) is 0 Å². The van der Waals surface area contributed by atoms with E-state index < -0.39 is 12.6 Å². The number of nitrogens with zero attached hydrogens (tertiary/aromatic N) is 1. The van der Waals surface area contributed by atoms with E-state index in [9.17, 15) is 19.2 Å². The lowest BCUT2D eigenvalue weighted by molar-refractivity contribution is -0.115. The number of rotatable bonds is 8. The second-order valence-electron chi connectivity index (χ2n) is 8.02. The van der Waals surface area contributed by atoms with Crippen LogP contribution in [-0.2, 0) is 20.9 Å². The van der Waals surface area contributed by atoms with E-state index in [1.54, 1.807) is 6.07 Å². The number of ether oxygens (including phenoxy) is 1. The van der Waals surface area contributed by atoms with Crippen LogP contribution in [0, 0.1) is 13.8 Å². The summed E-state index contributed by atoms with van der Waals surface area (Å²) in [6.45, 7) is 6.64. The molecule has 3 rings (SSSR count). The number of esters is 1. The van der Waals surface area contributed by atoms with Gasteiger partial charge < -0.3 is 19.9 Å². The average molecular weight is 462 g/mol. The number of Topliss-reactive ketones (excluding diaryl/α,β-unsaturated/α-hetero) is 1. The molecule has 2 N–H and O–H groups in total. The van der Waals surface area contributed by atoms with Crippen molar-refractivity contribution in [3.63, 3.8) is 0 Å². The number of carbonyl (C=O) groups is 4. The van der Waals surface area contributed by atoms with E-state index in [2.05, 4.69) is 10.6 Å². The average Bonchev–Trinajstić information content (AvgIpc) is 3.05. The van der Waals surface area contributed by atoms with Gasteiger partial charge in [-0.05, 0) is 43.7 Å². The van der Waals surface area contributed by atoms with E-state index in [0.717, 1.165) is 17.0 Å². The molecule has 34 heavy (non-hydrogen) atoms. The van der Waals surface area contributed by atoms with Gasteiger partial charge in [0.15, 0.2) is 6.61 Å². The Hall–Kier alpha value is -4.20. The molecule has 0 aliphatic rings. The number of ketones is 1. The minimum atomic E-state index is -0.745. The number of hydrogen-bond donors (Lipinski definition) is 2. The van der Waals surface area contributed by atoms with Gasteiger partial charge in [0.2, 0.25) is 17.6 Å². The Morgan fingerprint density at radius 3 is 2.00 bits per heavy atom. The Labute approximate surface area is 197 Å². The molecule has 0 spiro atoms. The highest BCUT2D eigenvalue weighted by atomic mass is 16.5. The summed E-state index contributed by atoms with van der Waals surface area (Å²) in [5, 5.41) is 5.15. The van der Waals surface area contributed by atoms with Crippen LogP contribution in [0.3, 0.4) is 0 Å². The molecule has 176 valence electrons. The molecule has 0 saturated heterocycles. The molecule has 0 fully saturated rings. The monoisotopic (exact) mass is 461 g/mol. The van der Waals surface area contributed by atoms with E-state index in [1.807, 2.05) is 48.7 Å². The van der Waals surface area contributed by atoms with Crippen molar-refractivity contribution in [2.45, 2.75) is 34.2 Å². The van der Waals surface area contributed by atoms with E-state index >= 15 is 0 Å². The van der Waals surface area contributed by atoms with Crippen LogP contribution in [0.25, 0.3) is 0 Å². The predicted octanol–water partition coefficient (Wildman–Crippen LogP) is 4.11. The lowest BCUT2D eigenvalue weighted by Gasteiger charge is -2.11. The normalized spacial score (nSPS) is 10.5. The fourth-order valence-corrected chi connectivity index (χ4v) is 3.68.